The first-order chi connectivity index (χ1) is 12.7. The van der Waals surface area contributed by atoms with Gasteiger partial charge in [0.05, 0.1) is 5.69 Å². The molecule has 1 aromatic carbocycles. The van der Waals surface area contributed by atoms with Gasteiger partial charge in [-0.2, -0.15) is 5.10 Å². The van der Waals surface area contributed by atoms with Crippen molar-refractivity contribution < 1.29 is 4.79 Å². The number of carbonyl (C=O) groups is 1. The zero-order valence-electron chi connectivity index (χ0n) is 15.8. The Morgan fingerprint density at radius 3 is 2.67 bits per heavy atom. The predicted octanol–water partition coefficient (Wildman–Crippen LogP) is 1.73. The first kappa shape index (κ1) is 19.9. The molecule has 0 saturated carbocycles. The van der Waals surface area contributed by atoms with Crippen molar-refractivity contribution in [3.8, 4) is 5.69 Å². The van der Waals surface area contributed by atoms with Gasteiger partial charge in [0.1, 0.15) is 0 Å². The van der Waals surface area contributed by atoms with Crippen molar-refractivity contribution in [1.82, 2.24) is 25.3 Å². The highest BCUT2D eigenvalue weighted by molar-refractivity contribution is 5.94. The lowest BCUT2D eigenvalue weighted by Gasteiger charge is -2.27. The van der Waals surface area contributed by atoms with Crippen molar-refractivity contribution in [2.45, 2.75) is 26.2 Å². The molecule has 4 rings (SSSR count). The van der Waals surface area contributed by atoms with Crippen molar-refractivity contribution in [3.63, 3.8) is 0 Å². The largest absolute Gasteiger partial charge is 0.349 e. The van der Waals surface area contributed by atoms with Gasteiger partial charge in [0, 0.05) is 50.5 Å². The van der Waals surface area contributed by atoms with E-state index < -0.39 is 0 Å². The molecular formula is C20H28ClN5O. The Labute approximate surface area is 166 Å². The third kappa shape index (κ3) is 4.34. The molecular weight excluding hydrogens is 362 g/mol. The molecule has 1 saturated heterocycles. The van der Waals surface area contributed by atoms with Crippen LogP contribution in [0.1, 0.15) is 33.7 Å². The van der Waals surface area contributed by atoms with Crippen LogP contribution in [0.4, 0.5) is 0 Å². The van der Waals surface area contributed by atoms with E-state index in [9.17, 15) is 4.79 Å². The number of nitrogens with zero attached hydrogens (tertiary/aromatic N) is 3. The molecule has 146 valence electrons. The lowest BCUT2D eigenvalue weighted by molar-refractivity contribution is 0.0941. The summed E-state index contributed by atoms with van der Waals surface area (Å²) in [7, 11) is 0. The standard InChI is InChI=1S/C20H27N5O.ClH/c1-15-5-7-16(8-6-15)25-18-4-2-3-17(18)19(23-25)20(26)22-11-14-24-12-9-21-10-13-24;/h5-8,21H,2-4,9-14H2,1H3,(H,22,26);1H. The maximum atomic E-state index is 12.7. The molecule has 2 heterocycles. The fourth-order valence-corrected chi connectivity index (χ4v) is 3.87. The summed E-state index contributed by atoms with van der Waals surface area (Å²) in [6, 6.07) is 8.33. The van der Waals surface area contributed by atoms with Gasteiger partial charge >= 0.3 is 0 Å². The number of carbonyl (C=O) groups excluding carboxylic acids is 1. The topological polar surface area (TPSA) is 62.2 Å². The van der Waals surface area contributed by atoms with Gasteiger partial charge in [-0.25, -0.2) is 4.68 Å². The number of rotatable bonds is 5. The van der Waals surface area contributed by atoms with E-state index in [1.165, 1.54) is 11.3 Å². The van der Waals surface area contributed by atoms with Gasteiger partial charge in [0.2, 0.25) is 0 Å². The number of aryl methyl sites for hydroxylation is 1. The summed E-state index contributed by atoms with van der Waals surface area (Å²) in [6.07, 6.45) is 3.03. The van der Waals surface area contributed by atoms with Gasteiger partial charge in [0.25, 0.3) is 5.91 Å². The number of piperazine rings is 1. The van der Waals surface area contributed by atoms with Crippen molar-refractivity contribution >= 4 is 18.3 Å². The molecule has 2 aliphatic rings. The molecule has 0 unspecified atom stereocenters. The summed E-state index contributed by atoms with van der Waals surface area (Å²) >= 11 is 0. The zero-order chi connectivity index (χ0) is 17.9. The van der Waals surface area contributed by atoms with Crippen LogP contribution in [0.2, 0.25) is 0 Å². The molecule has 1 aliphatic carbocycles. The minimum absolute atomic E-state index is 0. The maximum absolute atomic E-state index is 12.7. The Morgan fingerprint density at radius 1 is 1.19 bits per heavy atom. The van der Waals surface area contributed by atoms with Crippen molar-refractivity contribution in [3.05, 3.63) is 46.8 Å². The molecule has 1 fully saturated rings. The molecule has 6 nitrogen and oxygen atoms in total. The summed E-state index contributed by atoms with van der Waals surface area (Å²) in [5, 5.41) is 11.1. The fourth-order valence-electron chi connectivity index (χ4n) is 3.87. The quantitative estimate of drug-likeness (QED) is 0.817. The average Bonchev–Trinajstić information content (AvgIpc) is 3.26. The minimum atomic E-state index is -0.0378. The second-order valence-corrected chi connectivity index (χ2v) is 7.22. The van der Waals surface area contributed by atoms with Gasteiger partial charge in [-0.3, -0.25) is 9.69 Å². The molecule has 0 radical (unpaired) electrons. The van der Waals surface area contributed by atoms with Crippen LogP contribution in [0.25, 0.3) is 5.69 Å². The molecule has 1 aliphatic heterocycles. The van der Waals surface area contributed by atoms with Crippen LogP contribution in [0.3, 0.4) is 0 Å². The van der Waals surface area contributed by atoms with Crippen LogP contribution in [-0.2, 0) is 12.8 Å². The Balaban J connectivity index is 0.00000210. The van der Waals surface area contributed by atoms with Crippen molar-refractivity contribution in [2.75, 3.05) is 39.3 Å². The highest BCUT2D eigenvalue weighted by atomic mass is 35.5. The lowest BCUT2D eigenvalue weighted by atomic mass is 10.2. The summed E-state index contributed by atoms with van der Waals surface area (Å²) in [6.45, 7) is 7.80. The molecule has 1 aromatic heterocycles. The van der Waals surface area contributed by atoms with E-state index in [1.807, 2.05) is 4.68 Å². The fraction of sp³-hybridized carbons (Fsp3) is 0.500. The molecule has 2 N–H and O–H groups in total. The highest BCUT2D eigenvalue weighted by Crippen LogP contribution is 2.27. The van der Waals surface area contributed by atoms with E-state index in [-0.39, 0.29) is 18.3 Å². The number of aromatic nitrogens is 2. The predicted molar refractivity (Wildman–Crippen MR) is 109 cm³/mol. The maximum Gasteiger partial charge on any atom is 0.272 e. The van der Waals surface area contributed by atoms with Gasteiger partial charge in [-0.1, -0.05) is 17.7 Å². The number of hydrogen-bond acceptors (Lipinski definition) is 4. The van der Waals surface area contributed by atoms with Crippen LogP contribution >= 0.6 is 12.4 Å². The molecule has 1 amide bonds. The van der Waals surface area contributed by atoms with Crippen molar-refractivity contribution in [2.24, 2.45) is 0 Å². The summed E-state index contributed by atoms with van der Waals surface area (Å²) in [5.41, 5.74) is 5.20. The second-order valence-electron chi connectivity index (χ2n) is 7.22. The number of amides is 1. The average molecular weight is 390 g/mol. The van der Waals surface area contributed by atoms with E-state index in [4.69, 9.17) is 0 Å². The Bertz CT molecular complexity index is 780. The van der Waals surface area contributed by atoms with Crippen LogP contribution in [0, 0.1) is 6.92 Å². The summed E-state index contributed by atoms with van der Waals surface area (Å²) in [4.78, 5) is 15.1. The van der Waals surface area contributed by atoms with E-state index in [0.29, 0.717) is 12.2 Å². The lowest BCUT2D eigenvalue weighted by Crippen LogP contribution is -2.46. The first-order valence-corrected chi connectivity index (χ1v) is 9.61. The monoisotopic (exact) mass is 389 g/mol. The molecule has 0 spiro atoms. The van der Waals surface area contributed by atoms with E-state index in [1.54, 1.807) is 0 Å². The Kier molecular flexibility index (Phi) is 6.52. The second kappa shape index (κ2) is 8.87. The molecule has 0 bridgehead atoms. The molecule has 2 aromatic rings. The zero-order valence-corrected chi connectivity index (χ0v) is 16.6. The van der Waals surface area contributed by atoms with Crippen LogP contribution in [-0.4, -0.2) is 59.9 Å². The van der Waals surface area contributed by atoms with Gasteiger partial charge in [-0.15, -0.1) is 12.4 Å². The summed E-state index contributed by atoms with van der Waals surface area (Å²) < 4.78 is 1.97. The van der Waals surface area contributed by atoms with Gasteiger partial charge in [0.15, 0.2) is 5.69 Å². The SMILES string of the molecule is Cc1ccc(-n2nc(C(=O)NCCN3CCNCC3)c3c2CCC3)cc1.Cl. The number of hydrogen-bond donors (Lipinski definition) is 2. The van der Waals surface area contributed by atoms with E-state index >= 15 is 0 Å². The van der Waals surface area contributed by atoms with Crippen LogP contribution < -0.4 is 10.6 Å². The Morgan fingerprint density at radius 2 is 1.93 bits per heavy atom. The van der Waals surface area contributed by atoms with Crippen molar-refractivity contribution in [1.29, 1.82) is 0 Å². The van der Waals surface area contributed by atoms with Gasteiger partial charge < -0.3 is 10.6 Å². The third-order valence-corrected chi connectivity index (χ3v) is 5.35. The number of fused-ring (bicyclic) bond motifs is 1. The smallest absolute Gasteiger partial charge is 0.272 e. The van der Waals surface area contributed by atoms with Gasteiger partial charge in [-0.05, 0) is 38.3 Å². The molecule has 0 atom stereocenters. The minimum Gasteiger partial charge on any atom is -0.349 e. The van der Waals surface area contributed by atoms with E-state index in [2.05, 4.69) is 51.8 Å². The van der Waals surface area contributed by atoms with Crippen LogP contribution in [0.15, 0.2) is 24.3 Å². The first-order valence-electron chi connectivity index (χ1n) is 9.61. The van der Waals surface area contributed by atoms with Crippen LogP contribution in [0.5, 0.6) is 0 Å². The highest BCUT2D eigenvalue weighted by Gasteiger charge is 2.26. The molecule has 27 heavy (non-hydrogen) atoms. The molecule has 7 heteroatoms. The number of nitrogens with one attached hydrogen (secondary N) is 2. The van der Waals surface area contributed by atoms with E-state index in [0.717, 1.165) is 63.2 Å². The normalized spacial score (nSPS) is 16.6. The summed E-state index contributed by atoms with van der Waals surface area (Å²) in [5.74, 6) is -0.0378. The third-order valence-electron chi connectivity index (χ3n) is 5.35. The Hall–Kier alpha value is -1.89. The number of benzene rings is 1. The number of halogens is 1.